The second-order valence-corrected chi connectivity index (χ2v) is 6.04. The van der Waals surface area contributed by atoms with E-state index in [1.807, 2.05) is 11.8 Å². The SMILES string of the molecule is Cc1sc(C(=O)N2CCCC2CCCO)cc1N. The van der Waals surface area contributed by atoms with Gasteiger partial charge in [0.15, 0.2) is 0 Å². The van der Waals surface area contributed by atoms with Crippen molar-refractivity contribution in [3.05, 3.63) is 15.8 Å². The van der Waals surface area contributed by atoms with Crippen molar-refractivity contribution in [2.24, 2.45) is 0 Å². The molecule has 5 heteroatoms. The summed E-state index contributed by atoms with van der Waals surface area (Å²) in [6, 6.07) is 2.07. The molecular weight excluding hydrogens is 248 g/mol. The minimum atomic E-state index is 0.0974. The van der Waals surface area contributed by atoms with E-state index < -0.39 is 0 Å². The first-order valence-corrected chi connectivity index (χ1v) is 7.23. The van der Waals surface area contributed by atoms with Gasteiger partial charge in [-0.15, -0.1) is 11.3 Å². The van der Waals surface area contributed by atoms with E-state index in [1.54, 1.807) is 6.07 Å². The number of nitrogens with two attached hydrogens (primary N) is 1. The van der Waals surface area contributed by atoms with Crippen LogP contribution in [0.3, 0.4) is 0 Å². The molecule has 0 aromatic carbocycles. The highest BCUT2D eigenvalue weighted by Gasteiger charge is 2.29. The van der Waals surface area contributed by atoms with E-state index in [-0.39, 0.29) is 18.6 Å². The van der Waals surface area contributed by atoms with Gasteiger partial charge in [-0.05, 0) is 38.7 Å². The van der Waals surface area contributed by atoms with Crippen molar-refractivity contribution in [3.8, 4) is 0 Å². The van der Waals surface area contributed by atoms with Crippen molar-refractivity contribution in [2.75, 3.05) is 18.9 Å². The zero-order chi connectivity index (χ0) is 13.1. The van der Waals surface area contributed by atoms with Gasteiger partial charge in [0.25, 0.3) is 5.91 Å². The van der Waals surface area contributed by atoms with Gasteiger partial charge in [-0.2, -0.15) is 0 Å². The molecule has 2 rings (SSSR count). The molecule has 1 fully saturated rings. The minimum absolute atomic E-state index is 0.0974. The van der Waals surface area contributed by atoms with E-state index in [1.165, 1.54) is 11.3 Å². The van der Waals surface area contributed by atoms with Gasteiger partial charge in [0, 0.05) is 29.8 Å². The van der Waals surface area contributed by atoms with Gasteiger partial charge >= 0.3 is 0 Å². The summed E-state index contributed by atoms with van der Waals surface area (Å²) in [5.74, 6) is 0.0974. The van der Waals surface area contributed by atoms with Crippen LogP contribution in [-0.2, 0) is 0 Å². The number of anilines is 1. The third-order valence-electron chi connectivity index (χ3n) is 3.50. The number of thiophene rings is 1. The number of hydrogen-bond donors (Lipinski definition) is 2. The highest BCUT2D eigenvalue weighted by molar-refractivity contribution is 7.14. The summed E-state index contributed by atoms with van der Waals surface area (Å²) in [7, 11) is 0. The lowest BCUT2D eigenvalue weighted by molar-refractivity contribution is 0.0729. The quantitative estimate of drug-likeness (QED) is 0.878. The summed E-state index contributed by atoms with van der Waals surface area (Å²) < 4.78 is 0. The monoisotopic (exact) mass is 268 g/mol. The molecule has 1 saturated heterocycles. The standard InChI is InChI=1S/C13H20N2O2S/c1-9-11(14)8-12(18-9)13(17)15-6-2-4-10(15)5-3-7-16/h8,10,16H,2-7,14H2,1H3. The molecule has 1 aliphatic heterocycles. The number of hydrogen-bond acceptors (Lipinski definition) is 4. The number of aryl methyl sites for hydroxylation is 1. The number of carbonyl (C=O) groups excluding carboxylic acids is 1. The molecule has 0 bridgehead atoms. The molecule has 100 valence electrons. The van der Waals surface area contributed by atoms with Gasteiger partial charge in [-0.1, -0.05) is 0 Å². The average Bonchev–Trinajstić information content (AvgIpc) is 2.94. The second kappa shape index (κ2) is 5.71. The molecule has 0 aliphatic carbocycles. The topological polar surface area (TPSA) is 66.6 Å². The van der Waals surface area contributed by atoms with Crippen LogP contribution in [0.15, 0.2) is 6.07 Å². The molecule has 3 N–H and O–H groups in total. The van der Waals surface area contributed by atoms with Gasteiger partial charge in [-0.3, -0.25) is 4.79 Å². The third kappa shape index (κ3) is 2.67. The largest absolute Gasteiger partial charge is 0.398 e. The zero-order valence-corrected chi connectivity index (χ0v) is 11.5. The average molecular weight is 268 g/mol. The Morgan fingerprint density at radius 1 is 1.67 bits per heavy atom. The Balaban J connectivity index is 2.07. The van der Waals surface area contributed by atoms with Crippen LogP contribution in [0.4, 0.5) is 5.69 Å². The van der Waals surface area contributed by atoms with E-state index in [0.717, 1.165) is 42.0 Å². The van der Waals surface area contributed by atoms with Gasteiger partial charge < -0.3 is 15.7 Å². The van der Waals surface area contributed by atoms with Crippen LogP contribution in [0, 0.1) is 6.92 Å². The van der Waals surface area contributed by atoms with Gasteiger partial charge in [0.2, 0.25) is 0 Å². The Morgan fingerprint density at radius 3 is 3.06 bits per heavy atom. The lowest BCUT2D eigenvalue weighted by Gasteiger charge is -2.23. The lowest BCUT2D eigenvalue weighted by atomic mass is 10.1. The van der Waals surface area contributed by atoms with E-state index >= 15 is 0 Å². The highest BCUT2D eigenvalue weighted by Crippen LogP contribution is 2.28. The summed E-state index contributed by atoms with van der Waals surface area (Å²) in [6.45, 7) is 2.96. The van der Waals surface area contributed by atoms with Gasteiger partial charge in [0.05, 0.1) is 4.88 Å². The smallest absolute Gasteiger partial charge is 0.264 e. The molecule has 0 spiro atoms. The maximum Gasteiger partial charge on any atom is 0.264 e. The van der Waals surface area contributed by atoms with Crippen molar-refractivity contribution in [1.82, 2.24) is 4.90 Å². The number of rotatable bonds is 4. The highest BCUT2D eigenvalue weighted by atomic mass is 32.1. The molecule has 1 aliphatic rings. The molecule has 1 atom stereocenters. The van der Waals surface area contributed by atoms with E-state index in [2.05, 4.69) is 0 Å². The Labute approximate surface area is 111 Å². The maximum atomic E-state index is 12.4. The normalized spacial score (nSPS) is 19.4. The maximum absolute atomic E-state index is 12.4. The Hall–Kier alpha value is -1.07. The van der Waals surface area contributed by atoms with Gasteiger partial charge in [0.1, 0.15) is 0 Å². The molecule has 1 unspecified atom stereocenters. The first-order valence-electron chi connectivity index (χ1n) is 6.41. The molecule has 2 heterocycles. The minimum Gasteiger partial charge on any atom is -0.398 e. The molecule has 0 radical (unpaired) electrons. The predicted molar refractivity (Wildman–Crippen MR) is 73.8 cm³/mol. The summed E-state index contributed by atoms with van der Waals surface area (Å²) in [6.07, 6.45) is 3.76. The second-order valence-electron chi connectivity index (χ2n) is 4.78. The summed E-state index contributed by atoms with van der Waals surface area (Å²) in [5.41, 5.74) is 6.50. The Kier molecular flexibility index (Phi) is 4.24. The Bertz CT molecular complexity index is 411. The fraction of sp³-hybridized carbons (Fsp3) is 0.615. The number of aliphatic hydroxyl groups excluding tert-OH is 1. The van der Waals surface area contributed by atoms with Crippen LogP contribution in [-0.4, -0.2) is 35.1 Å². The van der Waals surface area contributed by atoms with E-state index in [9.17, 15) is 4.79 Å². The summed E-state index contributed by atoms with van der Waals surface area (Å²) in [4.78, 5) is 16.1. The fourth-order valence-electron chi connectivity index (χ4n) is 2.47. The van der Waals surface area contributed by atoms with Crippen LogP contribution < -0.4 is 5.73 Å². The molecular formula is C13H20N2O2S. The summed E-state index contributed by atoms with van der Waals surface area (Å²) in [5, 5.41) is 8.89. The van der Waals surface area contributed by atoms with Crippen molar-refractivity contribution < 1.29 is 9.90 Å². The predicted octanol–water partition coefficient (Wildman–Crippen LogP) is 2.02. The zero-order valence-electron chi connectivity index (χ0n) is 10.7. The number of nitrogen functional groups attached to an aromatic ring is 1. The van der Waals surface area contributed by atoms with Crippen LogP contribution in [0.25, 0.3) is 0 Å². The molecule has 4 nitrogen and oxygen atoms in total. The number of carbonyl (C=O) groups is 1. The third-order valence-corrected chi connectivity index (χ3v) is 4.55. The molecule has 1 aromatic heterocycles. The number of aliphatic hydroxyl groups is 1. The first-order chi connectivity index (χ1) is 8.63. The molecule has 1 aromatic rings. The number of nitrogens with zero attached hydrogens (tertiary/aromatic N) is 1. The lowest BCUT2D eigenvalue weighted by Crippen LogP contribution is -2.35. The van der Waals surface area contributed by atoms with Crippen LogP contribution in [0.5, 0.6) is 0 Å². The fourth-order valence-corrected chi connectivity index (χ4v) is 3.37. The van der Waals surface area contributed by atoms with Crippen LogP contribution in [0.2, 0.25) is 0 Å². The van der Waals surface area contributed by atoms with Crippen molar-refractivity contribution in [3.63, 3.8) is 0 Å². The van der Waals surface area contributed by atoms with Crippen molar-refractivity contribution >= 4 is 22.9 Å². The summed E-state index contributed by atoms with van der Waals surface area (Å²) >= 11 is 1.47. The van der Waals surface area contributed by atoms with E-state index in [0.29, 0.717) is 5.69 Å². The van der Waals surface area contributed by atoms with Crippen molar-refractivity contribution in [1.29, 1.82) is 0 Å². The molecule has 1 amide bonds. The van der Waals surface area contributed by atoms with E-state index in [4.69, 9.17) is 10.8 Å². The Morgan fingerprint density at radius 2 is 2.44 bits per heavy atom. The number of likely N-dealkylation sites (tertiary alicyclic amines) is 1. The van der Waals surface area contributed by atoms with Gasteiger partial charge in [-0.25, -0.2) is 0 Å². The van der Waals surface area contributed by atoms with Crippen LogP contribution >= 0.6 is 11.3 Å². The van der Waals surface area contributed by atoms with Crippen molar-refractivity contribution in [2.45, 2.75) is 38.6 Å². The molecule has 18 heavy (non-hydrogen) atoms. The first kappa shape index (κ1) is 13.4. The van der Waals surface area contributed by atoms with Crippen LogP contribution in [0.1, 0.15) is 40.2 Å². The number of amides is 1. The molecule has 0 saturated carbocycles.